The predicted octanol–water partition coefficient (Wildman–Crippen LogP) is 3.97. The maximum atomic E-state index is 16.0. The highest BCUT2D eigenvalue weighted by molar-refractivity contribution is 7.16. The number of likely N-dealkylation sites (tertiary alicyclic amines) is 1. The smallest absolute Gasteiger partial charge is 0.236 e. The number of aromatic nitrogens is 2. The van der Waals surface area contributed by atoms with Gasteiger partial charge in [-0.25, -0.2) is 18.7 Å². The molecule has 2 aliphatic heterocycles. The fraction of sp³-hybridized carbons (Fsp3) is 0.394. The number of piperazine rings is 1. The Balaban J connectivity index is 1.24. The Hall–Kier alpha value is -4.22. The molecule has 0 spiro atoms. The Bertz CT molecular complexity index is 1870. The van der Waals surface area contributed by atoms with Crippen molar-refractivity contribution in [2.75, 3.05) is 56.1 Å². The van der Waals surface area contributed by atoms with Crippen LogP contribution in [0.2, 0.25) is 0 Å². The highest BCUT2D eigenvalue weighted by Gasteiger charge is 2.34. The van der Waals surface area contributed by atoms with Crippen LogP contribution < -0.4 is 9.80 Å². The maximum absolute atomic E-state index is 16.0. The van der Waals surface area contributed by atoms with Crippen LogP contribution >= 0.6 is 11.3 Å². The second-order valence-corrected chi connectivity index (χ2v) is 13.2. The van der Waals surface area contributed by atoms with Crippen molar-refractivity contribution >= 4 is 44.7 Å². The van der Waals surface area contributed by atoms with Crippen molar-refractivity contribution in [2.24, 2.45) is 0 Å². The van der Waals surface area contributed by atoms with Crippen LogP contribution in [-0.4, -0.2) is 94.4 Å². The largest absolute Gasteiger partial charge is 0.389 e. The van der Waals surface area contributed by atoms with E-state index in [-0.39, 0.29) is 29.8 Å². The van der Waals surface area contributed by atoms with Gasteiger partial charge in [0.2, 0.25) is 5.91 Å². The first-order valence-corrected chi connectivity index (χ1v) is 16.1. The number of pyridine rings is 1. The molecule has 1 aliphatic carbocycles. The SMILES string of the molecule is C[C@@H]1CN(c2cc(F)c3nc4c(c(N(C)c5nc(-c6ccc(F)cc6)c(C#N)s5)c3c2)CC[C@H]4O)CCN1CC(=O)N1CC(O)C1. The molecule has 4 aromatic rings. The van der Waals surface area contributed by atoms with Crippen LogP contribution in [0.1, 0.15) is 35.6 Å². The van der Waals surface area contributed by atoms with Crippen LogP contribution in [0.15, 0.2) is 36.4 Å². The van der Waals surface area contributed by atoms with Gasteiger partial charge in [-0.15, -0.1) is 0 Å². The number of carbonyl (C=O) groups excluding carboxylic acids is 1. The molecular weight excluding hydrogens is 612 g/mol. The Morgan fingerprint density at radius 2 is 1.89 bits per heavy atom. The minimum absolute atomic E-state index is 0.00136. The fourth-order valence-electron chi connectivity index (χ4n) is 6.68. The summed E-state index contributed by atoms with van der Waals surface area (Å²) in [5.74, 6) is -0.891. The molecule has 7 rings (SSSR count). The first-order chi connectivity index (χ1) is 22.1. The Morgan fingerprint density at radius 3 is 2.59 bits per heavy atom. The van der Waals surface area contributed by atoms with Gasteiger partial charge in [-0.05, 0) is 56.2 Å². The summed E-state index contributed by atoms with van der Waals surface area (Å²) in [6, 6.07) is 11.5. The lowest BCUT2D eigenvalue weighted by atomic mass is 10.0. The van der Waals surface area contributed by atoms with Gasteiger partial charge in [0.15, 0.2) is 10.9 Å². The number of thiazole rings is 1. The second kappa shape index (κ2) is 11.9. The summed E-state index contributed by atoms with van der Waals surface area (Å²) in [5.41, 5.74) is 3.81. The summed E-state index contributed by atoms with van der Waals surface area (Å²) < 4.78 is 29.6. The van der Waals surface area contributed by atoms with E-state index >= 15 is 4.39 Å². The van der Waals surface area contributed by atoms with Crippen molar-refractivity contribution in [3.05, 3.63) is 64.2 Å². The fourth-order valence-corrected chi connectivity index (χ4v) is 7.53. The van der Waals surface area contributed by atoms with Crippen molar-refractivity contribution in [3.63, 3.8) is 0 Å². The molecule has 2 aromatic carbocycles. The number of hydrogen-bond donors (Lipinski definition) is 2. The van der Waals surface area contributed by atoms with Crippen molar-refractivity contribution in [2.45, 2.75) is 38.0 Å². The summed E-state index contributed by atoms with van der Waals surface area (Å²) in [5, 5.41) is 31.3. The Kier molecular flexibility index (Phi) is 7.84. The number of hydrogen-bond acceptors (Lipinski definition) is 10. The lowest BCUT2D eigenvalue weighted by Crippen LogP contribution is -2.59. The number of carbonyl (C=O) groups is 1. The number of aliphatic hydroxyl groups excluding tert-OH is 2. The summed E-state index contributed by atoms with van der Waals surface area (Å²) in [6.07, 6.45) is -0.248. The molecule has 0 unspecified atom stereocenters. The Morgan fingerprint density at radius 1 is 1.13 bits per heavy atom. The number of aliphatic hydroxyl groups is 2. The van der Waals surface area contributed by atoms with Crippen LogP contribution in [0.4, 0.5) is 25.3 Å². The predicted molar refractivity (Wildman–Crippen MR) is 171 cm³/mol. The van der Waals surface area contributed by atoms with Crippen LogP contribution in [0.3, 0.4) is 0 Å². The van der Waals surface area contributed by atoms with Gasteiger partial charge in [0.1, 0.15) is 28.0 Å². The average Bonchev–Trinajstić information content (AvgIpc) is 3.63. The quantitative estimate of drug-likeness (QED) is 0.321. The summed E-state index contributed by atoms with van der Waals surface area (Å²) in [7, 11) is 1.81. The van der Waals surface area contributed by atoms with E-state index in [9.17, 15) is 24.7 Å². The van der Waals surface area contributed by atoms with Crippen molar-refractivity contribution in [1.82, 2.24) is 19.8 Å². The molecule has 3 aliphatic rings. The number of halogens is 2. The van der Waals surface area contributed by atoms with Gasteiger partial charge in [-0.2, -0.15) is 5.26 Å². The number of benzene rings is 2. The van der Waals surface area contributed by atoms with E-state index in [0.29, 0.717) is 89.3 Å². The first kappa shape index (κ1) is 30.4. The zero-order valence-corrected chi connectivity index (χ0v) is 26.3. The van der Waals surface area contributed by atoms with Gasteiger partial charge in [0, 0.05) is 68.0 Å². The van der Waals surface area contributed by atoms with Gasteiger partial charge in [0.25, 0.3) is 0 Å². The van der Waals surface area contributed by atoms with Crippen molar-refractivity contribution in [3.8, 4) is 17.3 Å². The third-order valence-corrected chi connectivity index (χ3v) is 10.3. The lowest BCUT2D eigenvalue weighted by Gasteiger charge is -2.43. The monoisotopic (exact) mass is 645 g/mol. The molecule has 2 atom stereocenters. The van der Waals surface area contributed by atoms with Crippen LogP contribution in [0, 0.1) is 23.0 Å². The van der Waals surface area contributed by atoms with Crippen molar-refractivity contribution in [1.29, 1.82) is 5.26 Å². The van der Waals surface area contributed by atoms with Gasteiger partial charge in [-0.3, -0.25) is 9.69 Å². The number of rotatable bonds is 6. The molecule has 4 heterocycles. The van der Waals surface area contributed by atoms with Crippen LogP contribution in [-0.2, 0) is 11.2 Å². The number of fused-ring (bicyclic) bond motifs is 2. The molecule has 2 N–H and O–H groups in total. The topological polar surface area (TPSA) is 120 Å². The zero-order chi connectivity index (χ0) is 32.3. The highest BCUT2D eigenvalue weighted by Crippen LogP contribution is 2.45. The summed E-state index contributed by atoms with van der Waals surface area (Å²) in [4.78, 5) is 30.1. The molecule has 238 valence electrons. The standard InChI is InChI=1S/C33H33F2N7O3S/c1-18-14-41(10-9-40(18)17-28(45)42-15-22(43)16-42)21-11-24-30(25(35)12-21)37-31-23(7-8-26(31)44)32(24)39(2)33-38-29(27(13-36)46-33)19-3-5-20(34)6-4-19/h3-6,11-12,18,22,26,43-44H,7-10,14-17H2,1-2H3/t18-,26-/m1/s1. The molecule has 13 heteroatoms. The average molecular weight is 646 g/mol. The number of anilines is 3. The van der Waals surface area contributed by atoms with Gasteiger partial charge in [-0.1, -0.05) is 11.3 Å². The van der Waals surface area contributed by atoms with Gasteiger partial charge < -0.3 is 24.9 Å². The normalized spacial score (nSPS) is 20.1. The molecule has 0 saturated carbocycles. The van der Waals surface area contributed by atoms with E-state index in [0.717, 1.165) is 5.56 Å². The van der Waals surface area contributed by atoms with E-state index in [1.807, 2.05) is 24.9 Å². The van der Waals surface area contributed by atoms with E-state index < -0.39 is 18.0 Å². The highest BCUT2D eigenvalue weighted by atomic mass is 32.1. The molecule has 2 aromatic heterocycles. The molecular formula is C33H33F2N7O3S. The molecule has 0 bridgehead atoms. The van der Waals surface area contributed by atoms with Gasteiger partial charge in [0.05, 0.1) is 30.1 Å². The van der Waals surface area contributed by atoms with E-state index in [4.69, 9.17) is 4.98 Å². The second-order valence-electron chi connectivity index (χ2n) is 12.3. The summed E-state index contributed by atoms with van der Waals surface area (Å²) in [6.45, 7) is 4.87. The molecule has 1 amide bonds. The van der Waals surface area contributed by atoms with E-state index in [1.54, 1.807) is 17.0 Å². The van der Waals surface area contributed by atoms with E-state index in [2.05, 4.69) is 20.9 Å². The molecule has 2 fully saturated rings. The van der Waals surface area contributed by atoms with Crippen LogP contribution in [0.25, 0.3) is 22.2 Å². The summed E-state index contributed by atoms with van der Waals surface area (Å²) >= 11 is 1.19. The number of nitrogens with zero attached hydrogens (tertiary/aromatic N) is 7. The first-order valence-electron chi connectivity index (χ1n) is 15.3. The third-order valence-electron chi connectivity index (χ3n) is 9.25. The van der Waals surface area contributed by atoms with Gasteiger partial charge >= 0.3 is 0 Å². The van der Waals surface area contributed by atoms with Crippen molar-refractivity contribution < 1.29 is 23.8 Å². The molecule has 46 heavy (non-hydrogen) atoms. The lowest BCUT2D eigenvalue weighted by molar-refractivity contribution is -0.143. The zero-order valence-electron chi connectivity index (χ0n) is 25.5. The minimum atomic E-state index is -0.817. The minimum Gasteiger partial charge on any atom is -0.389 e. The molecule has 10 nitrogen and oxygen atoms in total. The maximum Gasteiger partial charge on any atom is 0.236 e. The molecule has 0 radical (unpaired) electrons. The third kappa shape index (κ3) is 5.35. The molecule has 2 saturated heterocycles. The van der Waals surface area contributed by atoms with E-state index in [1.165, 1.54) is 29.5 Å². The number of nitriles is 1. The number of amides is 1. The Labute approximate surface area is 268 Å². The number of β-amino-alcohol motifs (C(OH)–C–C–N with tert-alkyl or cyclic N) is 1. The van der Waals surface area contributed by atoms with Crippen LogP contribution in [0.5, 0.6) is 0 Å².